The monoisotopic (exact) mass is 381 g/mol. The second-order valence-electron chi connectivity index (χ2n) is 6.63. The van der Waals surface area contributed by atoms with Crippen LogP contribution in [0.1, 0.15) is 32.3 Å². The highest BCUT2D eigenvalue weighted by Gasteiger charge is 2.48. The number of hydrogen-bond acceptors (Lipinski definition) is 5. The van der Waals surface area contributed by atoms with Crippen molar-refractivity contribution >= 4 is 16.2 Å². The molecule has 1 aromatic carbocycles. The van der Waals surface area contributed by atoms with Gasteiger partial charge < -0.3 is 13.8 Å². The summed E-state index contributed by atoms with van der Waals surface area (Å²) < 4.78 is 67.9. The Kier molecular flexibility index (Phi) is 4.95. The van der Waals surface area contributed by atoms with Crippen LogP contribution < -0.4 is 4.18 Å². The number of amides is 1. The molecule has 0 bridgehead atoms. The van der Waals surface area contributed by atoms with Crippen molar-refractivity contribution in [2.24, 2.45) is 0 Å². The van der Waals surface area contributed by atoms with E-state index in [1.807, 2.05) is 0 Å². The van der Waals surface area contributed by atoms with Gasteiger partial charge in [-0.25, -0.2) is 4.79 Å². The fraction of sp³-hybridized carbons (Fsp3) is 0.533. The lowest BCUT2D eigenvalue weighted by Crippen LogP contribution is -2.50. The number of nitrogens with zero attached hydrogens (tertiary/aromatic N) is 1. The highest BCUT2D eigenvalue weighted by molar-refractivity contribution is 7.88. The molecule has 1 aliphatic heterocycles. The number of carbonyl (C=O) groups excluding carboxylic acids is 1. The Bertz CT molecular complexity index is 732. The topological polar surface area (TPSA) is 72.9 Å². The molecule has 140 valence electrons. The van der Waals surface area contributed by atoms with E-state index in [9.17, 15) is 26.4 Å². The number of benzene rings is 1. The molecule has 1 aliphatic rings. The molecule has 6 nitrogen and oxygen atoms in total. The summed E-state index contributed by atoms with van der Waals surface area (Å²) in [6.45, 7) is 6.10. The number of alkyl halides is 3. The summed E-state index contributed by atoms with van der Waals surface area (Å²) in [5, 5.41) is 0. The van der Waals surface area contributed by atoms with Gasteiger partial charge in [-0.1, -0.05) is 12.1 Å². The first-order chi connectivity index (χ1) is 11.3. The van der Waals surface area contributed by atoms with Crippen LogP contribution >= 0.6 is 0 Å². The maximum Gasteiger partial charge on any atom is 0.534 e. The molecular weight excluding hydrogens is 363 g/mol. The number of ether oxygens (including phenoxy) is 1. The Morgan fingerprint density at radius 3 is 2.08 bits per heavy atom. The first-order valence-corrected chi connectivity index (χ1v) is 8.78. The van der Waals surface area contributed by atoms with E-state index in [-0.39, 0.29) is 5.92 Å². The van der Waals surface area contributed by atoms with Gasteiger partial charge in [-0.15, -0.1) is 0 Å². The van der Waals surface area contributed by atoms with Crippen molar-refractivity contribution < 1.29 is 35.3 Å². The first-order valence-electron chi connectivity index (χ1n) is 7.37. The normalized spacial score (nSPS) is 16.3. The first kappa shape index (κ1) is 19.4. The van der Waals surface area contributed by atoms with Crippen molar-refractivity contribution in [1.82, 2.24) is 4.90 Å². The van der Waals surface area contributed by atoms with Crippen LogP contribution in [0.25, 0.3) is 0 Å². The summed E-state index contributed by atoms with van der Waals surface area (Å²) in [6, 6.07) is 5.24. The summed E-state index contributed by atoms with van der Waals surface area (Å²) in [6.07, 6.45) is -0.431. The Morgan fingerprint density at radius 1 is 1.12 bits per heavy atom. The molecule has 1 heterocycles. The van der Waals surface area contributed by atoms with Gasteiger partial charge in [0.25, 0.3) is 0 Å². The maximum absolute atomic E-state index is 12.3. The largest absolute Gasteiger partial charge is 0.534 e. The zero-order valence-corrected chi connectivity index (χ0v) is 14.6. The summed E-state index contributed by atoms with van der Waals surface area (Å²) in [5.74, 6) is -0.426. The third-order valence-corrected chi connectivity index (χ3v) is 4.35. The molecular formula is C15H18F3NO5S. The summed E-state index contributed by atoms with van der Waals surface area (Å²) in [4.78, 5) is 13.3. The molecule has 0 unspecified atom stereocenters. The molecule has 1 amide bonds. The zero-order chi connectivity index (χ0) is 19.0. The molecule has 1 saturated heterocycles. The molecule has 0 saturated carbocycles. The molecule has 0 aromatic heterocycles. The standard InChI is InChI=1S/C15H18F3NO5S/c1-14(2,3)23-13(20)19-8-11(9-19)10-4-6-12(7-5-10)24-25(21,22)15(16,17)18/h4-7,11H,8-9H2,1-3H3. The van der Waals surface area contributed by atoms with Crippen molar-refractivity contribution in [2.45, 2.75) is 37.8 Å². The van der Waals surface area contributed by atoms with Crippen LogP contribution in [-0.4, -0.2) is 43.6 Å². The van der Waals surface area contributed by atoms with Crippen molar-refractivity contribution in [3.8, 4) is 5.75 Å². The van der Waals surface area contributed by atoms with Crippen LogP contribution in [0.5, 0.6) is 5.75 Å². The summed E-state index contributed by atoms with van der Waals surface area (Å²) in [7, 11) is -5.68. The molecule has 25 heavy (non-hydrogen) atoms. The fourth-order valence-corrected chi connectivity index (χ4v) is 2.59. The Labute approximate surface area is 143 Å². The van der Waals surface area contributed by atoms with Crippen LogP contribution in [0.15, 0.2) is 24.3 Å². The highest BCUT2D eigenvalue weighted by Crippen LogP contribution is 2.31. The summed E-state index contributed by atoms with van der Waals surface area (Å²) >= 11 is 0. The van der Waals surface area contributed by atoms with E-state index < -0.39 is 33.1 Å². The molecule has 10 heteroatoms. The van der Waals surface area contributed by atoms with Crippen LogP contribution in [0, 0.1) is 0 Å². The predicted octanol–water partition coefficient (Wildman–Crippen LogP) is 3.25. The SMILES string of the molecule is CC(C)(C)OC(=O)N1CC(c2ccc(OS(=O)(=O)C(F)(F)F)cc2)C1. The van der Waals surface area contributed by atoms with Gasteiger partial charge >= 0.3 is 21.7 Å². The van der Waals surface area contributed by atoms with Crippen LogP contribution in [0.4, 0.5) is 18.0 Å². The van der Waals surface area contributed by atoms with Crippen LogP contribution in [-0.2, 0) is 14.9 Å². The zero-order valence-electron chi connectivity index (χ0n) is 13.8. The number of rotatable bonds is 3. The predicted molar refractivity (Wildman–Crippen MR) is 82.6 cm³/mol. The third kappa shape index (κ3) is 4.77. The maximum atomic E-state index is 12.3. The minimum Gasteiger partial charge on any atom is -0.444 e. The van der Waals surface area contributed by atoms with Crippen molar-refractivity contribution in [3.63, 3.8) is 0 Å². The lowest BCUT2D eigenvalue weighted by atomic mass is 9.92. The number of carbonyl (C=O) groups is 1. The average Bonchev–Trinajstić information content (AvgIpc) is 2.35. The molecule has 0 aliphatic carbocycles. The third-order valence-electron chi connectivity index (χ3n) is 3.37. The van der Waals surface area contributed by atoms with Gasteiger partial charge in [0.15, 0.2) is 0 Å². The van der Waals surface area contributed by atoms with Gasteiger partial charge in [-0.05, 0) is 38.5 Å². The lowest BCUT2D eigenvalue weighted by Gasteiger charge is -2.40. The molecule has 2 rings (SSSR count). The number of halogens is 3. The van der Waals surface area contributed by atoms with E-state index in [1.165, 1.54) is 17.0 Å². The fourth-order valence-electron chi connectivity index (χ4n) is 2.13. The van der Waals surface area contributed by atoms with Gasteiger partial charge in [0, 0.05) is 19.0 Å². The highest BCUT2D eigenvalue weighted by atomic mass is 32.2. The summed E-state index contributed by atoms with van der Waals surface area (Å²) in [5.41, 5.74) is -5.31. The van der Waals surface area contributed by atoms with Gasteiger partial charge in [-0.2, -0.15) is 21.6 Å². The Hall–Kier alpha value is -1.97. The molecule has 0 radical (unpaired) electrons. The molecule has 0 N–H and O–H groups in total. The van der Waals surface area contributed by atoms with Gasteiger partial charge in [0.05, 0.1) is 0 Å². The smallest absolute Gasteiger partial charge is 0.444 e. The average molecular weight is 381 g/mol. The van der Waals surface area contributed by atoms with Crippen molar-refractivity contribution in [2.75, 3.05) is 13.1 Å². The van der Waals surface area contributed by atoms with Crippen LogP contribution in [0.2, 0.25) is 0 Å². The van der Waals surface area contributed by atoms with E-state index >= 15 is 0 Å². The van der Waals surface area contributed by atoms with Crippen molar-refractivity contribution in [1.29, 1.82) is 0 Å². The van der Waals surface area contributed by atoms with E-state index in [4.69, 9.17) is 4.74 Å². The van der Waals surface area contributed by atoms with Crippen molar-refractivity contribution in [3.05, 3.63) is 29.8 Å². The number of hydrogen-bond donors (Lipinski definition) is 0. The quantitative estimate of drug-likeness (QED) is 0.594. The van der Waals surface area contributed by atoms with Crippen LogP contribution in [0.3, 0.4) is 0 Å². The Morgan fingerprint density at radius 2 is 1.64 bits per heavy atom. The molecule has 0 atom stereocenters. The second-order valence-corrected chi connectivity index (χ2v) is 8.17. The van der Waals surface area contributed by atoms with E-state index in [2.05, 4.69) is 4.18 Å². The molecule has 1 aromatic rings. The Balaban J connectivity index is 1.94. The minimum atomic E-state index is -5.68. The van der Waals surface area contributed by atoms with Gasteiger partial charge in [0.2, 0.25) is 0 Å². The van der Waals surface area contributed by atoms with E-state index in [0.717, 1.165) is 17.7 Å². The van der Waals surface area contributed by atoms with E-state index in [0.29, 0.717) is 13.1 Å². The van der Waals surface area contributed by atoms with E-state index in [1.54, 1.807) is 20.8 Å². The van der Waals surface area contributed by atoms with Gasteiger partial charge in [0.1, 0.15) is 11.4 Å². The second kappa shape index (κ2) is 6.40. The molecule has 1 fully saturated rings. The number of likely N-dealkylation sites (tertiary alicyclic amines) is 1. The lowest BCUT2D eigenvalue weighted by molar-refractivity contribution is -0.0500. The minimum absolute atomic E-state index is 0.000733. The molecule has 0 spiro atoms. The van der Waals surface area contributed by atoms with Gasteiger partial charge in [-0.3, -0.25) is 0 Å².